The Balaban J connectivity index is 1.20. The molecule has 0 radical (unpaired) electrons. The number of amides is 2. The zero-order chi connectivity index (χ0) is 38.0. The van der Waals surface area contributed by atoms with Crippen molar-refractivity contribution >= 4 is 52.8 Å². The van der Waals surface area contributed by atoms with Gasteiger partial charge < -0.3 is 30.7 Å². The maximum Gasteiger partial charge on any atom is 0.422 e. The van der Waals surface area contributed by atoms with Crippen LogP contribution in [0.5, 0.6) is 6.01 Å². The number of rotatable bonds is 17. The Morgan fingerprint density at radius 3 is 2.30 bits per heavy atom. The molecule has 2 amide bonds. The summed E-state index contributed by atoms with van der Waals surface area (Å²) in [5.74, 6) is -3.26. The van der Waals surface area contributed by atoms with E-state index in [4.69, 9.17) is 21.1 Å². The van der Waals surface area contributed by atoms with Crippen LogP contribution in [0.15, 0.2) is 72.9 Å². The molecule has 4 N–H and O–H groups in total. The Bertz CT molecular complexity index is 1910. The summed E-state index contributed by atoms with van der Waals surface area (Å²) in [5.41, 5.74) is 1.55. The number of halogens is 4. The van der Waals surface area contributed by atoms with Gasteiger partial charge >= 0.3 is 18.2 Å². The molecule has 5 rings (SSSR count). The average molecular weight is 755 g/mol. The highest BCUT2D eigenvalue weighted by Crippen LogP contribution is 2.48. The maximum absolute atomic E-state index is 13.0. The number of Topliss-reactive ketones (excluding diaryl/α,β-unsaturated/α-hetero) is 1. The predicted molar refractivity (Wildman–Crippen MR) is 186 cm³/mol. The lowest BCUT2D eigenvalue weighted by molar-refractivity contribution is -0.154. The van der Waals surface area contributed by atoms with Crippen molar-refractivity contribution in [2.45, 2.75) is 49.9 Å². The minimum atomic E-state index is -4.64. The second-order valence-electron chi connectivity index (χ2n) is 11.9. The maximum atomic E-state index is 13.0. The van der Waals surface area contributed by atoms with Gasteiger partial charge in [0.25, 0.3) is 11.8 Å². The van der Waals surface area contributed by atoms with Crippen LogP contribution < -0.4 is 26.0 Å². The van der Waals surface area contributed by atoms with E-state index in [1.807, 2.05) is 12.1 Å². The number of carbonyl (C=O) groups excluding carboxylic acids is 4. The number of anilines is 3. The summed E-state index contributed by atoms with van der Waals surface area (Å²) in [6.07, 6.45) is -1.71. The molecule has 2 heterocycles. The number of esters is 1. The highest BCUT2D eigenvalue weighted by molar-refractivity contribution is 6.36. The van der Waals surface area contributed by atoms with Gasteiger partial charge in [-0.1, -0.05) is 29.8 Å². The van der Waals surface area contributed by atoms with Crippen molar-refractivity contribution in [3.05, 3.63) is 94.8 Å². The van der Waals surface area contributed by atoms with Crippen LogP contribution in [0.4, 0.5) is 30.8 Å². The van der Waals surface area contributed by atoms with Gasteiger partial charge in [0.1, 0.15) is 6.04 Å². The van der Waals surface area contributed by atoms with E-state index in [0.29, 0.717) is 30.0 Å². The number of ketones is 1. The summed E-state index contributed by atoms with van der Waals surface area (Å²) in [5, 5.41) is 11.6. The molecule has 1 aliphatic rings. The van der Waals surface area contributed by atoms with Gasteiger partial charge in [-0.2, -0.15) is 28.1 Å². The van der Waals surface area contributed by atoms with Crippen molar-refractivity contribution in [2.75, 3.05) is 30.9 Å². The second kappa shape index (κ2) is 17.1. The minimum absolute atomic E-state index is 0.0302. The topological polar surface area (TPSA) is 186 Å². The number of carbonyl (C=O) groups is 4. The van der Waals surface area contributed by atoms with Crippen LogP contribution in [-0.4, -0.2) is 76.0 Å². The zero-order valence-corrected chi connectivity index (χ0v) is 29.0. The number of methoxy groups -OCH3 is 1. The molecule has 0 bridgehead atoms. The Morgan fingerprint density at radius 1 is 0.943 bits per heavy atom. The summed E-state index contributed by atoms with van der Waals surface area (Å²) < 4.78 is 48.4. The van der Waals surface area contributed by atoms with E-state index in [-0.39, 0.29) is 36.8 Å². The lowest BCUT2D eigenvalue weighted by Gasteiger charge is -2.19. The molecule has 0 unspecified atom stereocenters. The molecule has 1 saturated carbocycles. The van der Waals surface area contributed by atoms with E-state index in [1.54, 1.807) is 36.5 Å². The van der Waals surface area contributed by atoms with Crippen molar-refractivity contribution in [3.63, 3.8) is 0 Å². The number of pyridine rings is 1. The largest absolute Gasteiger partial charge is 0.467 e. The van der Waals surface area contributed by atoms with Gasteiger partial charge in [-0.15, -0.1) is 0 Å². The van der Waals surface area contributed by atoms with Crippen molar-refractivity contribution in [3.8, 4) is 6.01 Å². The summed E-state index contributed by atoms with van der Waals surface area (Å²) in [7, 11) is 1.12. The third-order valence-corrected chi connectivity index (χ3v) is 8.23. The normalized spacial score (nSPS) is 13.6. The molecule has 278 valence electrons. The summed E-state index contributed by atoms with van der Waals surface area (Å²) in [6.45, 7) is -1.43. The third-order valence-electron chi connectivity index (χ3n) is 7.98. The lowest BCUT2D eigenvalue weighted by Crippen LogP contribution is -2.42. The molecular formula is C35H34ClF3N8O6. The molecule has 2 aromatic heterocycles. The van der Waals surface area contributed by atoms with Crippen LogP contribution >= 0.6 is 11.6 Å². The van der Waals surface area contributed by atoms with E-state index in [0.717, 1.165) is 18.4 Å². The van der Waals surface area contributed by atoms with Gasteiger partial charge in [-0.05, 0) is 73.4 Å². The second-order valence-corrected chi connectivity index (χ2v) is 12.4. The molecule has 2 aromatic carbocycles. The van der Waals surface area contributed by atoms with Gasteiger partial charge in [0, 0.05) is 47.6 Å². The Hall–Kier alpha value is -5.84. The van der Waals surface area contributed by atoms with Crippen molar-refractivity contribution < 1.29 is 41.8 Å². The smallest absolute Gasteiger partial charge is 0.422 e. The van der Waals surface area contributed by atoms with Gasteiger partial charge in [0.15, 0.2) is 6.61 Å². The first kappa shape index (κ1) is 38.4. The third kappa shape index (κ3) is 11.3. The molecule has 53 heavy (non-hydrogen) atoms. The lowest BCUT2D eigenvalue weighted by atomic mass is 10.1. The fourth-order valence-electron chi connectivity index (χ4n) is 5.08. The monoisotopic (exact) mass is 754 g/mol. The van der Waals surface area contributed by atoms with E-state index in [1.165, 1.54) is 24.3 Å². The van der Waals surface area contributed by atoms with Crippen LogP contribution in [0.3, 0.4) is 0 Å². The SMILES string of the molecule is COC(=O)[C@H](CCC(=O)C(=O)NCCc1ccccn1)NC(=O)c1ccc(Nc2nc(NC3(c4ccc(Cl)cc4)CC3)nc(OCC(F)(F)F)n2)cc1. The number of alkyl halides is 3. The minimum Gasteiger partial charge on any atom is -0.467 e. The number of hydrogen-bond donors (Lipinski definition) is 4. The molecule has 14 nitrogen and oxygen atoms in total. The van der Waals surface area contributed by atoms with E-state index in [2.05, 4.69) is 41.2 Å². The molecule has 4 aromatic rings. The molecule has 18 heteroatoms. The summed E-state index contributed by atoms with van der Waals surface area (Å²) in [4.78, 5) is 66.6. The fraction of sp³-hybridized carbons (Fsp3) is 0.314. The summed E-state index contributed by atoms with van der Waals surface area (Å²) >= 11 is 6.02. The van der Waals surface area contributed by atoms with E-state index >= 15 is 0 Å². The molecular weight excluding hydrogens is 721 g/mol. The number of nitrogens with one attached hydrogen (secondary N) is 4. The van der Waals surface area contributed by atoms with Crippen molar-refractivity contribution in [2.24, 2.45) is 0 Å². The standard InChI is InChI=1S/C35H34ClF3N8O6/c1-52-30(51)26(13-14-27(48)29(50)41-19-15-24-4-2-3-18-40-24)43-28(49)21-5-11-25(12-6-21)42-31-44-32(46-33(45-31)53-20-35(37,38)39)47-34(16-17-34)22-7-9-23(36)10-8-22/h2-12,18,26H,13-17,19-20H2,1H3,(H,41,50)(H,43,49)(H2,42,44,45,46,47)/t26-/m0/s1. The van der Waals surface area contributed by atoms with E-state index in [9.17, 15) is 32.3 Å². The first-order chi connectivity index (χ1) is 25.3. The van der Waals surface area contributed by atoms with Crippen LogP contribution in [0.25, 0.3) is 0 Å². The van der Waals surface area contributed by atoms with Gasteiger partial charge in [-0.3, -0.25) is 19.4 Å². The van der Waals surface area contributed by atoms with Gasteiger partial charge in [0.2, 0.25) is 17.7 Å². The predicted octanol–water partition coefficient (Wildman–Crippen LogP) is 4.69. The summed E-state index contributed by atoms with van der Waals surface area (Å²) in [6, 6.07) is 16.4. The Labute approximate surface area is 306 Å². The van der Waals surface area contributed by atoms with Crippen LogP contribution in [0.1, 0.15) is 47.3 Å². The molecule has 1 fully saturated rings. The van der Waals surface area contributed by atoms with Crippen molar-refractivity contribution in [1.82, 2.24) is 30.6 Å². The highest BCUT2D eigenvalue weighted by Gasteiger charge is 2.45. The number of hydrogen-bond acceptors (Lipinski definition) is 12. The van der Waals surface area contributed by atoms with Crippen LogP contribution in [0.2, 0.25) is 5.02 Å². The number of ether oxygens (including phenoxy) is 2. The first-order valence-corrected chi connectivity index (χ1v) is 16.7. The highest BCUT2D eigenvalue weighted by atomic mass is 35.5. The Kier molecular flexibility index (Phi) is 12.4. The van der Waals surface area contributed by atoms with E-state index < -0.39 is 53.9 Å². The molecule has 0 aliphatic heterocycles. The Morgan fingerprint density at radius 2 is 1.66 bits per heavy atom. The number of benzene rings is 2. The molecule has 1 atom stereocenters. The van der Waals surface area contributed by atoms with Gasteiger partial charge in [-0.25, -0.2) is 4.79 Å². The van der Waals surface area contributed by atoms with Crippen LogP contribution in [-0.2, 0) is 31.1 Å². The zero-order valence-electron chi connectivity index (χ0n) is 28.2. The van der Waals surface area contributed by atoms with Gasteiger partial charge in [0.05, 0.1) is 12.6 Å². The van der Waals surface area contributed by atoms with Crippen molar-refractivity contribution in [1.29, 1.82) is 0 Å². The first-order valence-electron chi connectivity index (χ1n) is 16.3. The number of aromatic nitrogens is 4. The fourth-order valence-corrected chi connectivity index (χ4v) is 5.20. The average Bonchev–Trinajstić information content (AvgIpc) is 3.92. The molecule has 0 saturated heterocycles. The number of nitrogens with zero attached hydrogens (tertiary/aromatic N) is 4. The molecule has 0 spiro atoms. The quantitative estimate of drug-likeness (QED) is 0.0863. The molecule has 1 aliphatic carbocycles. The van der Waals surface area contributed by atoms with Crippen LogP contribution in [0, 0.1) is 0 Å².